The molecule has 0 bridgehead atoms. The van der Waals surface area contributed by atoms with E-state index in [4.69, 9.17) is 0 Å². The van der Waals surface area contributed by atoms with Crippen molar-refractivity contribution in [2.75, 3.05) is 13.1 Å². The van der Waals surface area contributed by atoms with Crippen LogP contribution in [0.5, 0.6) is 0 Å². The van der Waals surface area contributed by atoms with Crippen molar-refractivity contribution in [3.63, 3.8) is 0 Å². The highest BCUT2D eigenvalue weighted by atomic mass is 35.5. The lowest BCUT2D eigenvalue weighted by Crippen LogP contribution is -2.47. The van der Waals surface area contributed by atoms with Gasteiger partial charge in [-0.3, -0.25) is 0 Å². The van der Waals surface area contributed by atoms with Crippen LogP contribution < -0.4 is 10.6 Å². The van der Waals surface area contributed by atoms with Crippen LogP contribution in [0, 0.1) is 5.41 Å². The third kappa shape index (κ3) is 4.79. The van der Waals surface area contributed by atoms with E-state index in [1.165, 1.54) is 24.9 Å². The van der Waals surface area contributed by atoms with Gasteiger partial charge in [-0.05, 0) is 30.4 Å². The van der Waals surface area contributed by atoms with Gasteiger partial charge in [-0.15, -0.1) is 12.4 Å². The maximum absolute atomic E-state index is 3.85. The molecular formula is C16H27ClN2. The zero-order valence-corrected chi connectivity index (χ0v) is 13.1. The van der Waals surface area contributed by atoms with Crippen LogP contribution in [-0.2, 0) is 0 Å². The minimum absolute atomic E-state index is 0. The molecule has 0 aromatic heterocycles. The first-order chi connectivity index (χ1) is 8.57. The zero-order valence-electron chi connectivity index (χ0n) is 12.3. The minimum atomic E-state index is 0. The quantitative estimate of drug-likeness (QED) is 0.886. The van der Waals surface area contributed by atoms with E-state index in [0.717, 1.165) is 6.54 Å². The van der Waals surface area contributed by atoms with Gasteiger partial charge in [-0.25, -0.2) is 0 Å². The van der Waals surface area contributed by atoms with E-state index < -0.39 is 0 Å². The third-order valence-corrected chi connectivity index (χ3v) is 3.70. The number of piperidine rings is 1. The van der Waals surface area contributed by atoms with Crippen LogP contribution in [0.3, 0.4) is 0 Å². The van der Waals surface area contributed by atoms with Gasteiger partial charge in [0.15, 0.2) is 0 Å². The molecule has 19 heavy (non-hydrogen) atoms. The second-order valence-electron chi connectivity index (χ2n) is 6.42. The number of nitrogens with one attached hydrogen (secondary N) is 2. The van der Waals surface area contributed by atoms with E-state index in [0.29, 0.717) is 12.1 Å². The fraction of sp³-hybridized carbons (Fsp3) is 0.625. The summed E-state index contributed by atoms with van der Waals surface area (Å²) in [5.74, 6) is 0. The Morgan fingerprint density at radius 3 is 2.42 bits per heavy atom. The molecule has 0 amide bonds. The Morgan fingerprint density at radius 2 is 1.89 bits per heavy atom. The largest absolute Gasteiger partial charge is 0.315 e. The fourth-order valence-electron chi connectivity index (χ4n) is 2.72. The van der Waals surface area contributed by atoms with Crippen molar-refractivity contribution in [3.05, 3.63) is 35.9 Å². The summed E-state index contributed by atoms with van der Waals surface area (Å²) < 4.78 is 0. The Bertz CT molecular complexity index is 353. The number of benzene rings is 1. The molecule has 1 aromatic carbocycles. The normalized spacial score (nSPS) is 21.5. The van der Waals surface area contributed by atoms with Crippen LogP contribution in [0.15, 0.2) is 30.3 Å². The summed E-state index contributed by atoms with van der Waals surface area (Å²) in [5.41, 5.74) is 1.63. The van der Waals surface area contributed by atoms with E-state index in [9.17, 15) is 0 Å². The summed E-state index contributed by atoms with van der Waals surface area (Å²) >= 11 is 0. The zero-order chi connectivity index (χ0) is 13.0. The molecule has 2 rings (SSSR count). The van der Waals surface area contributed by atoms with Crippen molar-refractivity contribution in [1.82, 2.24) is 10.6 Å². The number of hydrogen-bond donors (Lipinski definition) is 2. The average molecular weight is 283 g/mol. The molecule has 0 spiro atoms. The number of rotatable bonds is 3. The summed E-state index contributed by atoms with van der Waals surface area (Å²) in [6.07, 6.45) is 2.57. The molecular weight excluding hydrogens is 256 g/mol. The lowest BCUT2D eigenvalue weighted by atomic mass is 9.81. The lowest BCUT2D eigenvalue weighted by Gasteiger charge is -2.37. The van der Waals surface area contributed by atoms with Gasteiger partial charge in [0.05, 0.1) is 0 Å². The van der Waals surface area contributed by atoms with Crippen molar-refractivity contribution in [3.8, 4) is 0 Å². The SMILES string of the molecule is CC(C)(C)C(NC1CCCNC1)c1ccccc1.Cl. The molecule has 1 fully saturated rings. The molecule has 2 N–H and O–H groups in total. The van der Waals surface area contributed by atoms with Crippen LogP contribution in [0.4, 0.5) is 0 Å². The van der Waals surface area contributed by atoms with E-state index in [1.807, 2.05) is 0 Å². The average Bonchev–Trinajstić information content (AvgIpc) is 2.37. The van der Waals surface area contributed by atoms with Gasteiger partial charge >= 0.3 is 0 Å². The molecule has 1 aliphatic rings. The van der Waals surface area contributed by atoms with E-state index >= 15 is 0 Å². The highest BCUT2D eigenvalue weighted by Gasteiger charge is 2.28. The summed E-state index contributed by atoms with van der Waals surface area (Å²) in [7, 11) is 0. The Labute approximate surface area is 123 Å². The number of hydrogen-bond acceptors (Lipinski definition) is 2. The van der Waals surface area contributed by atoms with Crippen molar-refractivity contribution < 1.29 is 0 Å². The molecule has 0 saturated carbocycles. The van der Waals surface area contributed by atoms with Gasteiger partial charge in [-0.2, -0.15) is 0 Å². The standard InChI is InChI=1S/C16H26N2.ClH/c1-16(2,3)15(13-8-5-4-6-9-13)18-14-10-7-11-17-12-14;/h4-6,8-9,14-15,17-18H,7,10-12H2,1-3H3;1H. The minimum Gasteiger partial charge on any atom is -0.315 e. The molecule has 3 heteroatoms. The van der Waals surface area contributed by atoms with Crippen LogP contribution >= 0.6 is 12.4 Å². The molecule has 1 saturated heterocycles. The smallest absolute Gasteiger partial charge is 0.0371 e. The second kappa shape index (κ2) is 7.28. The van der Waals surface area contributed by atoms with Crippen LogP contribution in [0.1, 0.15) is 45.2 Å². The maximum Gasteiger partial charge on any atom is 0.0371 e. The van der Waals surface area contributed by atoms with Crippen molar-refractivity contribution in [2.24, 2.45) is 5.41 Å². The molecule has 2 nitrogen and oxygen atoms in total. The molecule has 0 aliphatic carbocycles. The van der Waals surface area contributed by atoms with Crippen LogP contribution in [0.2, 0.25) is 0 Å². The highest BCUT2D eigenvalue weighted by Crippen LogP contribution is 2.33. The molecule has 1 heterocycles. The molecule has 1 aromatic rings. The third-order valence-electron chi connectivity index (χ3n) is 3.70. The predicted molar refractivity (Wildman–Crippen MR) is 84.9 cm³/mol. The van der Waals surface area contributed by atoms with Crippen LogP contribution in [-0.4, -0.2) is 19.1 Å². The van der Waals surface area contributed by atoms with Gasteiger partial charge < -0.3 is 10.6 Å². The maximum atomic E-state index is 3.85. The Balaban J connectivity index is 0.00000180. The van der Waals surface area contributed by atoms with E-state index in [2.05, 4.69) is 61.7 Å². The first-order valence-corrected chi connectivity index (χ1v) is 7.09. The van der Waals surface area contributed by atoms with E-state index in [1.54, 1.807) is 0 Å². The fourth-order valence-corrected chi connectivity index (χ4v) is 2.72. The molecule has 0 radical (unpaired) electrons. The van der Waals surface area contributed by atoms with Gasteiger partial charge in [0, 0.05) is 18.6 Å². The lowest BCUT2D eigenvalue weighted by molar-refractivity contribution is 0.231. The van der Waals surface area contributed by atoms with Gasteiger partial charge in [0.25, 0.3) is 0 Å². The summed E-state index contributed by atoms with van der Waals surface area (Å²) in [4.78, 5) is 0. The Hall–Kier alpha value is -0.570. The Morgan fingerprint density at radius 1 is 1.21 bits per heavy atom. The number of halogens is 1. The van der Waals surface area contributed by atoms with Crippen LogP contribution in [0.25, 0.3) is 0 Å². The van der Waals surface area contributed by atoms with Gasteiger partial charge in [0.2, 0.25) is 0 Å². The molecule has 108 valence electrons. The topological polar surface area (TPSA) is 24.1 Å². The van der Waals surface area contributed by atoms with Crippen molar-refractivity contribution >= 4 is 12.4 Å². The molecule has 1 aliphatic heterocycles. The van der Waals surface area contributed by atoms with Crippen molar-refractivity contribution in [2.45, 2.75) is 45.7 Å². The highest BCUT2D eigenvalue weighted by molar-refractivity contribution is 5.85. The van der Waals surface area contributed by atoms with Gasteiger partial charge in [0.1, 0.15) is 0 Å². The summed E-state index contributed by atoms with van der Waals surface area (Å²) in [6.45, 7) is 9.21. The van der Waals surface area contributed by atoms with Crippen molar-refractivity contribution in [1.29, 1.82) is 0 Å². The predicted octanol–water partition coefficient (Wildman–Crippen LogP) is 3.54. The first-order valence-electron chi connectivity index (χ1n) is 7.09. The Kier molecular flexibility index (Phi) is 6.31. The van der Waals surface area contributed by atoms with E-state index in [-0.39, 0.29) is 17.8 Å². The first kappa shape index (κ1) is 16.5. The summed E-state index contributed by atoms with van der Waals surface area (Å²) in [5, 5.41) is 7.33. The molecule has 2 unspecified atom stereocenters. The molecule has 2 atom stereocenters. The monoisotopic (exact) mass is 282 g/mol. The van der Waals surface area contributed by atoms with Gasteiger partial charge in [-0.1, -0.05) is 51.1 Å². The summed E-state index contributed by atoms with van der Waals surface area (Å²) in [6, 6.07) is 11.8. The second-order valence-corrected chi connectivity index (χ2v) is 6.42.